The molecule has 0 radical (unpaired) electrons. The molecule has 5 rings (SSSR count). The lowest BCUT2D eigenvalue weighted by Gasteiger charge is -2.36. The van der Waals surface area contributed by atoms with Crippen LogP contribution in [0.1, 0.15) is 212 Å². The molecule has 0 bridgehead atoms. The number of hydrogen-bond acceptors (Lipinski definition) is 23. The van der Waals surface area contributed by atoms with Crippen LogP contribution in [0, 0.1) is 0 Å². The van der Waals surface area contributed by atoms with Gasteiger partial charge in [0.1, 0.15) is 76.9 Å². The summed E-state index contributed by atoms with van der Waals surface area (Å²) in [5.74, 6) is -5.52. The van der Waals surface area contributed by atoms with Crippen LogP contribution in [0.2, 0.25) is 0 Å². The Morgan fingerprint density at radius 3 is 1.08 bits per heavy atom. The van der Waals surface area contributed by atoms with Gasteiger partial charge in [0.05, 0.1) is 25.4 Å². The van der Waals surface area contributed by atoms with E-state index in [0.717, 1.165) is 12.8 Å². The first-order valence-electron chi connectivity index (χ1n) is 38.7. The van der Waals surface area contributed by atoms with Gasteiger partial charge < -0.3 is 118 Å². The normalized spacial score (nSPS) is 14.4. The van der Waals surface area contributed by atoms with Crippen molar-refractivity contribution >= 4 is 70.4 Å². The van der Waals surface area contributed by atoms with Crippen LogP contribution >= 0.6 is 12.2 Å². The van der Waals surface area contributed by atoms with Crippen LogP contribution in [0.25, 0.3) is 0 Å². The summed E-state index contributed by atoms with van der Waals surface area (Å²) in [7, 11) is 0. The summed E-state index contributed by atoms with van der Waals surface area (Å²) >= 11 is 5.71. The second-order valence-corrected chi connectivity index (χ2v) is 28.0. The molecule has 0 fully saturated rings. The van der Waals surface area contributed by atoms with Gasteiger partial charge in [-0.3, -0.25) is 38.4 Å². The van der Waals surface area contributed by atoms with E-state index in [0.29, 0.717) is 195 Å². The Hall–Kier alpha value is -8.18. The molecule has 2 heterocycles. The first-order valence-corrected chi connectivity index (χ1v) is 39.1. The minimum atomic E-state index is -1.43. The molecule has 8 amide bonds. The standard InChI is InChI=1S/C76H122N16O15S/c77-35-15-1-8-22-57(67(84)96)87-69(98)59(24-10-3-17-37-79)89-71(100)61(26-12-5-19-39-81)91-73(102)63(28-14-7-21-41-83)92-72(101)62(27-13-6-20-40-82)90-70(99)60(25-11-4-18-38-80)88-68(97)58(23-9-2-16-36-78)86-66(95)49-105-45-44-104-43-42-85-74(108)50-29-32-54-53(46-50)75(103)107-76(54)55-33-30-51(93)47-64(55)106-65-48-52(94)31-34-56(65)76/h29-34,46-48,57-63,93-94H,1-28,35-45,49,77-83H2,(H2,84,96)(H,85,108)(H,86,95)(H,87,98)(H,88,97)(H,89,100)(H,90,99)(H,91,102)(H,92,101)/t57-,58-,59-,60-,61-,62-,63-/m0/s1. The van der Waals surface area contributed by atoms with E-state index in [4.69, 9.17) is 77.0 Å². The number of thiocarbonyl (C=S) groups is 1. The number of rotatable bonds is 58. The molecular formula is C76H122N16O15S. The summed E-state index contributed by atoms with van der Waals surface area (Å²) in [6.45, 7) is 2.98. The van der Waals surface area contributed by atoms with Crippen LogP contribution < -0.4 is 93.1 Å². The molecule has 0 saturated carbocycles. The van der Waals surface area contributed by atoms with E-state index < -0.39 is 108 Å². The van der Waals surface area contributed by atoms with Crippen LogP contribution in [0.3, 0.4) is 0 Å². The lowest BCUT2D eigenvalue weighted by molar-refractivity contribution is -0.136. The molecule has 1 spiro atoms. The Labute approximate surface area is 640 Å². The summed E-state index contributed by atoms with van der Waals surface area (Å²) in [6.07, 6.45) is 13.7. The van der Waals surface area contributed by atoms with Gasteiger partial charge in [0, 0.05) is 40.9 Å². The van der Waals surface area contributed by atoms with E-state index in [9.17, 15) is 53.4 Å². The van der Waals surface area contributed by atoms with E-state index in [1.165, 1.54) is 24.3 Å². The van der Waals surface area contributed by atoms with Crippen molar-refractivity contribution in [1.29, 1.82) is 0 Å². The van der Waals surface area contributed by atoms with Gasteiger partial charge in [-0.1, -0.05) is 114 Å². The number of aromatic hydroxyl groups is 2. The molecule has 26 N–H and O–H groups in total. The molecule has 108 heavy (non-hydrogen) atoms. The molecule has 602 valence electrons. The number of hydrogen-bond donors (Lipinski definition) is 18. The fraction of sp³-hybridized carbons (Fsp3) is 0.632. The zero-order valence-electron chi connectivity index (χ0n) is 62.8. The minimum absolute atomic E-state index is 0.00689. The number of benzene rings is 3. The van der Waals surface area contributed by atoms with Gasteiger partial charge >= 0.3 is 5.97 Å². The van der Waals surface area contributed by atoms with E-state index >= 15 is 0 Å². The van der Waals surface area contributed by atoms with Crippen molar-refractivity contribution in [2.45, 2.75) is 228 Å². The van der Waals surface area contributed by atoms with Crippen LogP contribution in [0.4, 0.5) is 0 Å². The number of carbonyl (C=O) groups is 9. The number of carbonyl (C=O) groups excluding carboxylic acids is 9. The number of fused-ring (bicyclic) bond motifs is 6. The van der Waals surface area contributed by atoms with Gasteiger partial charge in [-0.25, -0.2) is 4.79 Å². The van der Waals surface area contributed by atoms with Crippen molar-refractivity contribution in [2.24, 2.45) is 45.9 Å². The molecule has 31 nitrogen and oxygen atoms in total. The number of nitrogens with two attached hydrogens (primary N) is 8. The van der Waals surface area contributed by atoms with Gasteiger partial charge in [0.15, 0.2) is 5.60 Å². The molecular weight excluding hydrogens is 1410 g/mol. The predicted octanol–water partition coefficient (Wildman–Crippen LogP) is 2.48. The lowest BCUT2D eigenvalue weighted by atomic mass is 9.77. The molecule has 32 heteroatoms. The van der Waals surface area contributed by atoms with Crippen molar-refractivity contribution in [1.82, 2.24) is 42.5 Å². The SMILES string of the molecule is NCCCCC[C@H](NC(=O)[C@H](CCCCCN)NC(=O)[C@H](CCCCCN)NC(=O)[C@H](CCCCCN)NC(=O)[C@H](CCCCCN)NC(=O)[C@H](CCCCCN)NC(=O)[C@H](CCCCCN)NC(=O)COCCOCCNC(=S)c1ccc2c(c1)C(=O)OC21c2ccc(O)cc2Oc2cc(O)ccc21)C(N)=O. The fourth-order valence-corrected chi connectivity index (χ4v) is 13.3. The summed E-state index contributed by atoms with van der Waals surface area (Å²) < 4.78 is 23.7. The highest BCUT2D eigenvalue weighted by molar-refractivity contribution is 7.80. The van der Waals surface area contributed by atoms with Gasteiger partial charge in [0.2, 0.25) is 47.3 Å². The number of primary amides is 1. The lowest BCUT2D eigenvalue weighted by Crippen LogP contribution is -2.60. The van der Waals surface area contributed by atoms with Crippen LogP contribution in [0.5, 0.6) is 23.0 Å². The molecule has 3 aromatic rings. The third-order valence-electron chi connectivity index (χ3n) is 19.0. The van der Waals surface area contributed by atoms with Gasteiger partial charge in [-0.15, -0.1) is 0 Å². The largest absolute Gasteiger partial charge is 0.508 e. The molecule has 7 atom stereocenters. The van der Waals surface area contributed by atoms with Crippen molar-refractivity contribution in [3.05, 3.63) is 82.4 Å². The Bertz CT molecular complexity index is 3280. The van der Waals surface area contributed by atoms with E-state index in [2.05, 4.69) is 42.5 Å². The maximum Gasteiger partial charge on any atom is 0.340 e. The number of esters is 1. The van der Waals surface area contributed by atoms with E-state index in [1.807, 2.05) is 0 Å². The Balaban J connectivity index is 1.24. The number of ether oxygens (including phenoxy) is 4. The first kappa shape index (κ1) is 90.4. The first-order chi connectivity index (χ1) is 52.2. The smallest absolute Gasteiger partial charge is 0.340 e. The summed E-state index contributed by atoms with van der Waals surface area (Å²) in [5, 5.41) is 43.6. The number of phenolic OH excluding ortho intramolecular Hbond substituents is 2. The average molecular weight is 1530 g/mol. The van der Waals surface area contributed by atoms with Crippen molar-refractivity contribution < 1.29 is 72.3 Å². The van der Waals surface area contributed by atoms with Gasteiger partial charge in [-0.2, -0.15) is 0 Å². The number of amides is 8. The summed E-state index contributed by atoms with van der Waals surface area (Å²) in [6, 6.07) is 6.14. The topological polar surface area (TPSA) is 535 Å². The molecule has 0 unspecified atom stereocenters. The maximum atomic E-state index is 14.8. The second-order valence-electron chi connectivity index (χ2n) is 27.6. The molecule has 0 aliphatic carbocycles. The highest BCUT2D eigenvalue weighted by Crippen LogP contribution is 2.57. The van der Waals surface area contributed by atoms with Crippen LogP contribution in [-0.4, -0.2) is 190 Å². The zero-order valence-corrected chi connectivity index (χ0v) is 63.6. The zero-order chi connectivity index (χ0) is 78.6. The highest BCUT2D eigenvalue weighted by atomic mass is 32.1. The Kier molecular flexibility index (Phi) is 42.3. The number of nitrogens with one attached hydrogen (secondary N) is 8. The van der Waals surface area contributed by atoms with Crippen LogP contribution in [-0.2, 0) is 58.2 Å². The Morgan fingerprint density at radius 2 is 0.731 bits per heavy atom. The van der Waals surface area contributed by atoms with E-state index in [1.54, 1.807) is 30.3 Å². The molecule has 3 aromatic carbocycles. The molecule has 2 aliphatic rings. The second kappa shape index (κ2) is 50.5. The van der Waals surface area contributed by atoms with Crippen molar-refractivity contribution in [3.8, 4) is 23.0 Å². The van der Waals surface area contributed by atoms with Crippen LogP contribution in [0.15, 0.2) is 54.6 Å². The third kappa shape index (κ3) is 30.0. The van der Waals surface area contributed by atoms with Gasteiger partial charge in [0.25, 0.3) is 0 Å². The molecule has 2 aliphatic heterocycles. The molecule has 0 aromatic heterocycles. The van der Waals surface area contributed by atoms with Crippen molar-refractivity contribution in [2.75, 3.05) is 78.8 Å². The predicted molar refractivity (Wildman–Crippen MR) is 415 cm³/mol. The third-order valence-corrected chi connectivity index (χ3v) is 19.4. The number of phenols is 2. The Morgan fingerprint density at radius 1 is 0.407 bits per heavy atom. The maximum absolute atomic E-state index is 14.8. The summed E-state index contributed by atoms with van der Waals surface area (Å²) in [5.41, 5.74) is 47.3. The quantitative estimate of drug-likeness (QED) is 0.0219. The fourth-order valence-electron chi connectivity index (χ4n) is 13.0. The van der Waals surface area contributed by atoms with E-state index in [-0.39, 0.29) is 99.9 Å². The average Bonchev–Trinajstić information content (AvgIpc) is 1.50. The summed E-state index contributed by atoms with van der Waals surface area (Å²) in [4.78, 5) is 127. The monoisotopic (exact) mass is 1530 g/mol. The van der Waals surface area contributed by atoms with Crippen molar-refractivity contribution in [3.63, 3.8) is 0 Å². The van der Waals surface area contributed by atoms with Gasteiger partial charge in [-0.05, 0) is 166 Å². The minimum Gasteiger partial charge on any atom is -0.508 e. The molecule has 0 saturated heterocycles. The highest BCUT2D eigenvalue weighted by Gasteiger charge is 2.54. The number of unbranched alkanes of at least 4 members (excludes halogenated alkanes) is 14.